The molecule has 1 N–H and O–H groups in total. The van der Waals surface area contributed by atoms with E-state index in [2.05, 4.69) is 4.90 Å². The van der Waals surface area contributed by atoms with E-state index in [1.807, 2.05) is 0 Å². The highest BCUT2D eigenvalue weighted by atomic mass is 35.5. The number of hydrogen-bond acceptors (Lipinski definition) is 3. The summed E-state index contributed by atoms with van der Waals surface area (Å²) in [6, 6.07) is 4.44. The van der Waals surface area contributed by atoms with Crippen LogP contribution < -0.4 is 0 Å². The molecule has 2 rings (SSSR count). The lowest BCUT2D eigenvalue weighted by Gasteiger charge is -2.37. The van der Waals surface area contributed by atoms with Crippen LogP contribution in [-0.2, 0) is 11.2 Å². The molecular formula is C16H22ClFN2O2. The van der Waals surface area contributed by atoms with Crippen LogP contribution in [0.15, 0.2) is 18.2 Å². The molecule has 1 aromatic carbocycles. The van der Waals surface area contributed by atoms with Gasteiger partial charge in [0.05, 0.1) is 12.0 Å². The molecule has 1 fully saturated rings. The number of benzene rings is 1. The standard InChI is InChI=1S/C16H22ClFN2O2/c1-16(2,22)11-19-6-8-20(9-7-19)15(21)10-12-13(17)4-3-5-14(12)18/h3-5,22H,6-11H2,1-2H3. The highest BCUT2D eigenvalue weighted by Gasteiger charge is 2.25. The smallest absolute Gasteiger partial charge is 0.227 e. The van der Waals surface area contributed by atoms with E-state index in [9.17, 15) is 14.3 Å². The van der Waals surface area contributed by atoms with Crippen molar-refractivity contribution in [2.75, 3.05) is 32.7 Å². The summed E-state index contributed by atoms with van der Waals surface area (Å²) in [5.74, 6) is -0.559. The van der Waals surface area contributed by atoms with Gasteiger partial charge in [-0.3, -0.25) is 9.69 Å². The normalized spacial score (nSPS) is 16.9. The van der Waals surface area contributed by atoms with Crippen molar-refractivity contribution in [1.29, 1.82) is 0 Å². The zero-order valence-corrected chi connectivity index (χ0v) is 13.7. The number of rotatable bonds is 4. The SMILES string of the molecule is CC(C)(O)CN1CCN(C(=O)Cc2c(F)cccc2Cl)CC1. The maximum absolute atomic E-state index is 13.7. The summed E-state index contributed by atoms with van der Waals surface area (Å²) in [5.41, 5.74) is -0.486. The van der Waals surface area contributed by atoms with Gasteiger partial charge >= 0.3 is 0 Å². The third-order valence-electron chi connectivity index (χ3n) is 3.73. The summed E-state index contributed by atoms with van der Waals surface area (Å²) in [4.78, 5) is 16.1. The Hall–Kier alpha value is -1.17. The van der Waals surface area contributed by atoms with Gasteiger partial charge in [-0.15, -0.1) is 0 Å². The lowest BCUT2D eigenvalue weighted by Crippen LogP contribution is -2.52. The molecule has 0 bridgehead atoms. The Balaban J connectivity index is 1.90. The summed E-state index contributed by atoms with van der Waals surface area (Å²) in [6.45, 7) is 6.70. The monoisotopic (exact) mass is 328 g/mol. The molecule has 1 aliphatic rings. The number of carbonyl (C=O) groups is 1. The van der Waals surface area contributed by atoms with Crippen LogP contribution >= 0.6 is 11.6 Å². The fourth-order valence-electron chi connectivity index (χ4n) is 2.67. The van der Waals surface area contributed by atoms with Gasteiger partial charge in [0.25, 0.3) is 0 Å². The number of amides is 1. The molecular weight excluding hydrogens is 307 g/mol. The first-order valence-electron chi connectivity index (χ1n) is 7.42. The molecule has 0 aliphatic carbocycles. The predicted molar refractivity (Wildman–Crippen MR) is 84.4 cm³/mol. The van der Waals surface area contributed by atoms with E-state index in [1.165, 1.54) is 12.1 Å². The van der Waals surface area contributed by atoms with Crippen LogP contribution in [0.3, 0.4) is 0 Å². The zero-order valence-electron chi connectivity index (χ0n) is 13.0. The third-order valence-corrected chi connectivity index (χ3v) is 4.08. The molecule has 0 atom stereocenters. The van der Waals surface area contributed by atoms with Crippen molar-refractivity contribution in [3.8, 4) is 0 Å². The highest BCUT2D eigenvalue weighted by molar-refractivity contribution is 6.31. The summed E-state index contributed by atoms with van der Waals surface area (Å²) in [7, 11) is 0. The van der Waals surface area contributed by atoms with Crippen LogP contribution in [0.25, 0.3) is 0 Å². The molecule has 1 heterocycles. The maximum atomic E-state index is 13.7. The molecule has 122 valence electrons. The van der Waals surface area contributed by atoms with Crippen molar-refractivity contribution >= 4 is 17.5 Å². The Kier molecular flexibility index (Phi) is 5.42. The Morgan fingerprint density at radius 1 is 1.32 bits per heavy atom. The summed E-state index contributed by atoms with van der Waals surface area (Å²) < 4.78 is 13.7. The average Bonchev–Trinajstić information content (AvgIpc) is 2.42. The van der Waals surface area contributed by atoms with E-state index < -0.39 is 11.4 Å². The van der Waals surface area contributed by atoms with E-state index in [-0.39, 0.29) is 22.9 Å². The molecule has 1 aliphatic heterocycles. The topological polar surface area (TPSA) is 43.8 Å². The van der Waals surface area contributed by atoms with Crippen LogP contribution in [-0.4, -0.2) is 59.1 Å². The Bertz CT molecular complexity index is 517. The highest BCUT2D eigenvalue weighted by Crippen LogP contribution is 2.20. The minimum Gasteiger partial charge on any atom is -0.389 e. The maximum Gasteiger partial charge on any atom is 0.227 e. The third kappa shape index (κ3) is 4.66. The number of piperazine rings is 1. The van der Waals surface area contributed by atoms with E-state index >= 15 is 0 Å². The van der Waals surface area contributed by atoms with Gasteiger partial charge in [0.2, 0.25) is 5.91 Å². The van der Waals surface area contributed by atoms with E-state index in [4.69, 9.17) is 11.6 Å². The van der Waals surface area contributed by atoms with Gasteiger partial charge in [-0.2, -0.15) is 0 Å². The Morgan fingerprint density at radius 3 is 2.50 bits per heavy atom. The molecule has 0 radical (unpaired) electrons. The minimum atomic E-state index is -0.743. The lowest BCUT2D eigenvalue weighted by molar-refractivity contribution is -0.132. The van der Waals surface area contributed by atoms with E-state index in [0.29, 0.717) is 32.7 Å². The van der Waals surface area contributed by atoms with E-state index in [1.54, 1.807) is 24.8 Å². The van der Waals surface area contributed by atoms with Crippen molar-refractivity contribution in [1.82, 2.24) is 9.80 Å². The number of halogens is 2. The molecule has 0 unspecified atom stereocenters. The van der Waals surface area contributed by atoms with Gasteiger partial charge in [0, 0.05) is 43.3 Å². The molecule has 0 aromatic heterocycles. The Morgan fingerprint density at radius 2 is 1.95 bits per heavy atom. The van der Waals surface area contributed by atoms with Crippen molar-refractivity contribution in [2.45, 2.75) is 25.9 Å². The van der Waals surface area contributed by atoms with Gasteiger partial charge in [-0.05, 0) is 26.0 Å². The zero-order chi connectivity index (χ0) is 16.3. The van der Waals surface area contributed by atoms with Crippen molar-refractivity contribution in [2.24, 2.45) is 0 Å². The van der Waals surface area contributed by atoms with Gasteiger partial charge < -0.3 is 10.0 Å². The second kappa shape index (κ2) is 6.94. The van der Waals surface area contributed by atoms with E-state index in [0.717, 1.165) is 0 Å². The van der Waals surface area contributed by atoms with Crippen LogP contribution in [0.5, 0.6) is 0 Å². The summed E-state index contributed by atoms with van der Waals surface area (Å²) in [5, 5.41) is 10.1. The average molecular weight is 329 g/mol. The predicted octanol–water partition coefficient (Wildman–Crippen LogP) is 1.94. The van der Waals surface area contributed by atoms with Gasteiger partial charge in [-0.1, -0.05) is 17.7 Å². The number of hydrogen-bond donors (Lipinski definition) is 1. The fraction of sp³-hybridized carbons (Fsp3) is 0.562. The molecule has 6 heteroatoms. The first-order chi connectivity index (χ1) is 10.3. The molecule has 22 heavy (non-hydrogen) atoms. The van der Waals surface area contributed by atoms with Crippen LogP contribution in [0, 0.1) is 5.82 Å². The summed E-state index contributed by atoms with van der Waals surface area (Å²) in [6.07, 6.45) is -0.0169. The fourth-order valence-corrected chi connectivity index (χ4v) is 2.90. The number of nitrogens with zero attached hydrogens (tertiary/aromatic N) is 2. The number of carbonyl (C=O) groups excluding carboxylic acids is 1. The number of aliphatic hydroxyl groups is 1. The quantitative estimate of drug-likeness (QED) is 0.918. The van der Waals surface area contributed by atoms with Gasteiger partial charge in [0.15, 0.2) is 0 Å². The molecule has 0 saturated carbocycles. The van der Waals surface area contributed by atoms with Crippen LogP contribution in [0.1, 0.15) is 19.4 Å². The van der Waals surface area contributed by atoms with Gasteiger partial charge in [-0.25, -0.2) is 4.39 Å². The first kappa shape index (κ1) is 17.2. The molecule has 1 aromatic rings. The first-order valence-corrected chi connectivity index (χ1v) is 7.79. The molecule has 0 spiro atoms. The lowest BCUT2D eigenvalue weighted by atomic mass is 10.1. The largest absolute Gasteiger partial charge is 0.389 e. The van der Waals surface area contributed by atoms with Gasteiger partial charge in [0.1, 0.15) is 5.82 Å². The molecule has 1 amide bonds. The van der Waals surface area contributed by atoms with Crippen molar-refractivity contribution in [3.63, 3.8) is 0 Å². The number of β-amino-alcohol motifs (C(OH)–C–C–N with tert-alkyl or cyclic N) is 1. The molecule has 4 nitrogen and oxygen atoms in total. The summed E-state index contributed by atoms with van der Waals surface area (Å²) >= 11 is 5.96. The van der Waals surface area contributed by atoms with Crippen LogP contribution in [0.4, 0.5) is 4.39 Å². The van der Waals surface area contributed by atoms with Crippen LogP contribution in [0.2, 0.25) is 5.02 Å². The van der Waals surface area contributed by atoms with Crippen molar-refractivity contribution in [3.05, 3.63) is 34.6 Å². The second-order valence-electron chi connectivity index (χ2n) is 6.35. The Labute approximate surface area is 135 Å². The second-order valence-corrected chi connectivity index (χ2v) is 6.75. The minimum absolute atomic E-state index is 0.0169. The van der Waals surface area contributed by atoms with Crippen molar-refractivity contribution < 1.29 is 14.3 Å². The molecule has 1 saturated heterocycles.